The lowest BCUT2D eigenvalue weighted by Gasteiger charge is -2.23. The summed E-state index contributed by atoms with van der Waals surface area (Å²) in [6, 6.07) is -0.500. The van der Waals surface area contributed by atoms with Gasteiger partial charge >= 0.3 is 12.0 Å². The third-order valence-corrected chi connectivity index (χ3v) is 4.74. The number of urea groups is 1. The van der Waals surface area contributed by atoms with Crippen molar-refractivity contribution < 1.29 is 23.1 Å². The van der Waals surface area contributed by atoms with Gasteiger partial charge in [-0.15, -0.1) is 0 Å². The highest BCUT2D eigenvalue weighted by Gasteiger charge is 2.24. The Labute approximate surface area is 112 Å². The zero-order valence-electron chi connectivity index (χ0n) is 10.9. The number of carbonyl (C=O) groups is 2. The number of aliphatic carboxylic acids is 1. The molecule has 1 unspecified atom stereocenters. The van der Waals surface area contributed by atoms with Crippen molar-refractivity contribution in [3.8, 4) is 0 Å². The van der Waals surface area contributed by atoms with Gasteiger partial charge in [0.05, 0.1) is 11.5 Å². The van der Waals surface area contributed by atoms with Crippen molar-refractivity contribution in [2.75, 3.05) is 18.1 Å². The molecule has 1 aliphatic heterocycles. The van der Waals surface area contributed by atoms with Gasteiger partial charge in [-0.05, 0) is 18.8 Å². The van der Waals surface area contributed by atoms with Crippen LogP contribution in [0, 0.1) is 5.92 Å². The summed E-state index contributed by atoms with van der Waals surface area (Å²) in [7, 11) is -2.93. The number of hydrogen-bond acceptors (Lipinski definition) is 4. The Morgan fingerprint density at radius 3 is 2.42 bits per heavy atom. The van der Waals surface area contributed by atoms with Gasteiger partial charge in [0.25, 0.3) is 0 Å². The van der Waals surface area contributed by atoms with Crippen molar-refractivity contribution in [1.82, 2.24) is 10.6 Å². The van der Waals surface area contributed by atoms with Gasteiger partial charge in [0.2, 0.25) is 0 Å². The fourth-order valence-corrected chi connectivity index (χ4v) is 3.40. The molecule has 7 nitrogen and oxygen atoms in total. The molecule has 0 aromatic rings. The lowest BCUT2D eigenvalue weighted by molar-refractivity contribution is -0.137. The summed E-state index contributed by atoms with van der Waals surface area (Å²) in [5.41, 5.74) is 0. The van der Waals surface area contributed by atoms with Gasteiger partial charge < -0.3 is 15.7 Å². The molecule has 0 spiro atoms. The molecule has 1 aliphatic rings. The maximum atomic E-state index is 11.5. The molecule has 1 saturated heterocycles. The van der Waals surface area contributed by atoms with Crippen LogP contribution in [0.15, 0.2) is 0 Å². The predicted molar refractivity (Wildman–Crippen MR) is 69.6 cm³/mol. The average molecular weight is 292 g/mol. The van der Waals surface area contributed by atoms with E-state index < -0.39 is 15.8 Å². The van der Waals surface area contributed by atoms with E-state index in [1.807, 2.05) is 0 Å². The fourth-order valence-electron chi connectivity index (χ4n) is 1.91. The minimum absolute atomic E-state index is 0.00194. The Morgan fingerprint density at radius 1 is 1.32 bits per heavy atom. The Hall–Kier alpha value is -1.31. The van der Waals surface area contributed by atoms with Gasteiger partial charge in [0.15, 0.2) is 0 Å². The van der Waals surface area contributed by atoms with Gasteiger partial charge in [-0.3, -0.25) is 4.79 Å². The molecule has 3 N–H and O–H groups in total. The second kappa shape index (κ2) is 6.74. The Kier molecular flexibility index (Phi) is 5.59. The molecule has 1 fully saturated rings. The first kappa shape index (κ1) is 15.7. The van der Waals surface area contributed by atoms with Gasteiger partial charge in [-0.1, -0.05) is 6.92 Å². The number of carboxylic acid groups (broad SMARTS) is 1. The zero-order chi connectivity index (χ0) is 14.5. The minimum Gasteiger partial charge on any atom is -0.481 e. The normalized spacial score (nSPS) is 20.5. The highest BCUT2D eigenvalue weighted by Crippen LogP contribution is 2.11. The largest absolute Gasteiger partial charge is 0.481 e. The number of rotatable bonds is 5. The third-order valence-electron chi connectivity index (χ3n) is 3.02. The molecule has 1 heterocycles. The molecular weight excluding hydrogens is 272 g/mol. The molecule has 110 valence electrons. The lowest BCUT2D eigenvalue weighted by atomic mass is 10.1. The lowest BCUT2D eigenvalue weighted by Crippen LogP contribution is -2.46. The highest BCUT2D eigenvalue weighted by molar-refractivity contribution is 7.91. The van der Waals surface area contributed by atoms with E-state index in [0.717, 1.165) is 0 Å². The van der Waals surface area contributed by atoms with Crippen molar-refractivity contribution in [2.45, 2.75) is 32.2 Å². The van der Waals surface area contributed by atoms with E-state index in [9.17, 15) is 18.0 Å². The first-order valence-electron chi connectivity index (χ1n) is 6.25. The van der Waals surface area contributed by atoms with Crippen LogP contribution in [-0.2, 0) is 14.6 Å². The number of sulfone groups is 1. The molecule has 0 saturated carbocycles. The van der Waals surface area contributed by atoms with Gasteiger partial charge in [0.1, 0.15) is 9.84 Å². The van der Waals surface area contributed by atoms with E-state index in [0.29, 0.717) is 12.8 Å². The predicted octanol–water partition coefficient (Wildman–Crippen LogP) is -0.0264. The highest BCUT2D eigenvalue weighted by atomic mass is 32.2. The standard InChI is InChI=1S/C11H20N2O5S/c1-8(6-10(14)15)7-12-11(16)13-9-2-4-19(17,18)5-3-9/h8-9H,2-7H2,1H3,(H,14,15)(H2,12,13,16). The first-order chi connectivity index (χ1) is 8.78. The van der Waals surface area contributed by atoms with Gasteiger partial charge in [-0.2, -0.15) is 0 Å². The number of carboxylic acids is 1. The van der Waals surface area contributed by atoms with Crippen LogP contribution in [0.2, 0.25) is 0 Å². The van der Waals surface area contributed by atoms with E-state index >= 15 is 0 Å². The topological polar surface area (TPSA) is 113 Å². The van der Waals surface area contributed by atoms with Crippen LogP contribution in [-0.4, -0.2) is 49.6 Å². The smallest absolute Gasteiger partial charge is 0.315 e. The second-order valence-corrected chi connectivity index (χ2v) is 7.29. The van der Waals surface area contributed by atoms with E-state index in [1.165, 1.54) is 0 Å². The van der Waals surface area contributed by atoms with Crippen LogP contribution < -0.4 is 10.6 Å². The SMILES string of the molecule is CC(CNC(=O)NC1CCS(=O)(=O)CC1)CC(=O)O. The van der Waals surface area contributed by atoms with Crippen molar-refractivity contribution in [2.24, 2.45) is 5.92 Å². The van der Waals surface area contributed by atoms with Crippen LogP contribution in [0.4, 0.5) is 4.79 Å². The summed E-state index contributed by atoms with van der Waals surface area (Å²) < 4.78 is 22.4. The molecule has 0 bridgehead atoms. The summed E-state index contributed by atoms with van der Waals surface area (Å²) >= 11 is 0. The maximum absolute atomic E-state index is 11.5. The number of carbonyl (C=O) groups excluding carboxylic acids is 1. The number of amides is 2. The molecule has 0 aromatic carbocycles. The van der Waals surface area contributed by atoms with Crippen LogP contribution in [0.25, 0.3) is 0 Å². The first-order valence-corrected chi connectivity index (χ1v) is 8.07. The minimum atomic E-state index is -2.93. The second-order valence-electron chi connectivity index (χ2n) is 4.98. The fraction of sp³-hybridized carbons (Fsp3) is 0.818. The van der Waals surface area contributed by atoms with Crippen LogP contribution >= 0.6 is 0 Å². The zero-order valence-corrected chi connectivity index (χ0v) is 11.7. The summed E-state index contributed by atoms with van der Waals surface area (Å²) in [6.45, 7) is 2.02. The Morgan fingerprint density at radius 2 is 1.89 bits per heavy atom. The number of hydrogen-bond donors (Lipinski definition) is 3. The molecular formula is C11H20N2O5S. The van der Waals surface area contributed by atoms with Crippen LogP contribution in [0.3, 0.4) is 0 Å². The van der Waals surface area contributed by atoms with Crippen molar-refractivity contribution in [3.05, 3.63) is 0 Å². The van der Waals surface area contributed by atoms with Gasteiger partial charge in [0, 0.05) is 19.0 Å². The quantitative estimate of drug-likeness (QED) is 0.659. The molecule has 2 amide bonds. The summed E-state index contributed by atoms with van der Waals surface area (Å²) in [6.07, 6.45) is 0.864. The maximum Gasteiger partial charge on any atom is 0.315 e. The van der Waals surface area contributed by atoms with E-state index in [1.54, 1.807) is 6.92 Å². The molecule has 0 aliphatic carbocycles. The van der Waals surface area contributed by atoms with E-state index in [-0.39, 0.29) is 42.5 Å². The molecule has 19 heavy (non-hydrogen) atoms. The van der Waals surface area contributed by atoms with Crippen molar-refractivity contribution in [3.63, 3.8) is 0 Å². The Bertz CT molecular complexity index is 420. The van der Waals surface area contributed by atoms with Crippen LogP contribution in [0.1, 0.15) is 26.2 Å². The van der Waals surface area contributed by atoms with E-state index in [4.69, 9.17) is 5.11 Å². The number of nitrogens with one attached hydrogen (secondary N) is 2. The summed E-state index contributed by atoms with van der Waals surface area (Å²) in [5, 5.41) is 13.9. The van der Waals surface area contributed by atoms with E-state index in [2.05, 4.69) is 10.6 Å². The summed E-state index contributed by atoms with van der Waals surface area (Å²) in [4.78, 5) is 22.0. The Balaban J connectivity index is 2.23. The third kappa shape index (κ3) is 6.42. The van der Waals surface area contributed by atoms with Crippen LogP contribution in [0.5, 0.6) is 0 Å². The molecule has 0 aromatic heterocycles. The van der Waals surface area contributed by atoms with Crippen molar-refractivity contribution >= 4 is 21.8 Å². The molecule has 0 radical (unpaired) electrons. The van der Waals surface area contributed by atoms with Gasteiger partial charge in [-0.25, -0.2) is 13.2 Å². The molecule has 1 atom stereocenters. The summed E-state index contributed by atoms with van der Waals surface area (Å²) in [5.74, 6) is -0.831. The molecule has 1 rings (SSSR count). The molecule has 8 heteroatoms. The van der Waals surface area contributed by atoms with Crippen molar-refractivity contribution in [1.29, 1.82) is 0 Å². The monoisotopic (exact) mass is 292 g/mol. The average Bonchev–Trinajstić information content (AvgIpc) is 2.28.